The maximum Gasteiger partial charge on any atom is 0.253 e. The highest BCUT2D eigenvalue weighted by atomic mass is 16.2. The predicted octanol–water partition coefficient (Wildman–Crippen LogP) is 2.96. The van der Waals surface area contributed by atoms with E-state index in [0.717, 1.165) is 56.1 Å². The summed E-state index contributed by atoms with van der Waals surface area (Å²) in [4.78, 5) is 27.1. The van der Waals surface area contributed by atoms with Gasteiger partial charge in [0.15, 0.2) is 0 Å². The number of fused-ring (bicyclic) bond motifs is 2. The van der Waals surface area contributed by atoms with E-state index in [1.165, 1.54) is 25.7 Å². The third-order valence-corrected chi connectivity index (χ3v) is 7.50. The third kappa shape index (κ3) is 2.87. The van der Waals surface area contributed by atoms with Crippen molar-refractivity contribution in [2.45, 2.75) is 56.9 Å². The Labute approximate surface area is 160 Å². The summed E-state index contributed by atoms with van der Waals surface area (Å²) in [5.74, 6) is 1.57. The van der Waals surface area contributed by atoms with Crippen LogP contribution in [0.4, 0.5) is 5.69 Å². The van der Waals surface area contributed by atoms with Gasteiger partial charge in [0.25, 0.3) is 5.91 Å². The van der Waals surface area contributed by atoms with Crippen molar-refractivity contribution in [2.24, 2.45) is 11.8 Å². The number of nitrogens with zero attached hydrogens (tertiary/aromatic N) is 1. The molecule has 3 fully saturated rings. The van der Waals surface area contributed by atoms with Gasteiger partial charge in [-0.05, 0) is 81.0 Å². The molecule has 5 nitrogen and oxygen atoms in total. The molecule has 144 valence electrons. The zero-order valence-corrected chi connectivity index (χ0v) is 15.9. The van der Waals surface area contributed by atoms with Gasteiger partial charge in [-0.3, -0.25) is 9.59 Å². The molecule has 0 spiro atoms. The lowest BCUT2D eigenvalue weighted by atomic mass is 9.59. The zero-order chi connectivity index (χ0) is 18.4. The average Bonchev–Trinajstić information content (AvgIpc) is 2.85. The third-order valence-electron chi connectivity index (χ3n) is 7.50. The quantitative estimate of drug-likeness (QED) is 0.845. The normalized spacial score (nSPS) is 32.7. The fourth-order valence-electron chi connectivity index (χ4n) is 5.92. The molecule has 1 aromatic rings. The molecular weight excluding hydrogens is 338 g/mol. The summed E-state index contributed by atoms with van der Waals surface area (Å²) in [7, 11) is 0. The van der Waals surface area contributed by atoms with Gasteiger partial charge in [-0.1, -0.05) is 6.07 Å². The van der Waals surface area contributed by atoms with Crippen LogP contribution in [0.5, 0.6) is 0 Å². The van der Waals surface area contributed by atoms with E-state index in [4.69, 9.17) is 0 Å². The van der Waals surface area contributed by atoms with Gasteiger partial charge in [-0.25, -0.2) is 0 Å². The minimum absolute atomic E-state index is 0.0545. The molecule has 2 amide bonds. The summed E-state index contributed by atoms with van der Waals surface area (Å²) in [5.41, 5.74) is 2.98. The molecule has 0 bridgehead atoms. The molecule has 3 heterocycles. The molecule has 0 aromatic heterocycles. The highest BCUT2D eigenvalue weighted by molar-refractivity contribution is 5.98. The Morgan fingerprint density at radius 3 is 2.85 bits per heavy atom. The van der Waals surface area contributed by atoms with Crippen LogP contribution in [-0.2, 0) is 11.2 Å². The zero-order valence-electron chi connectivity index (χ0n) is 15.9. The first-order chi connectivity index (χ1) is 13.2. The number of piperidine rings is 1. The summed E-state index contributed by atoms with van der Waals surface area (Å²) < 4.78 is 0. The molecule has 2 saturated heterocycles. The summed E-state index contributed by atoms with van der Waals surface area (Å²) in [6.45, 7) is 2.85. The van der Waals surface area contributed by atoms with E-state index in [1.807, 2.05) is 18.2 Å². The molecular formula is C22H29N3O2. The fraction of sp³-hybridized carbons (Fsp3) is 0.636. The Bertz CT molecular complexity index is 777. The molecule has 3 unspecified atom stereocenters. The maximum absolute atomic E-state index is 13.2. The number of benzene rings is 1. The second-order valence-corrected chi connectivity index (χ2v) is 8.86. The van der Waals surface area contributed by atoms with Gasteiger partial charge in [-0.15, -0.1) is 0 Å². The van der Waals surface area contributed by atoms with Crippen molar-refractivity contribution < 1.29 is 9.59 Å². The van der Waals surface area contributed by atoms with Crippen LogP contribution in [0.1, 0.15) is 60.9 Å². The van der Waals surface area contributed by atoms with E-state index >= 15 is 0 Å². The van der Waals surface area contributed by atoms with Gasteiger partial charge in [0, 0.05) is 36.3 Å². The summed E-state index contributed by atoms with van der Waals surface area (Å²) in [5, 5.41) is 6.78. The predicted molar refractivity (Wildman–Crippen MR) is 105 cm³/mol. The smallest absolute Gasteiger partial charge is 0.253 e. The van der Waals surface area contributed by atoms with Crippen molar-refractivity contribution >= 4 is 17.5 Å². The van der Waals surface area contributed by atoms with Crippen LogP contribution in [0.2, 0.25) is 0 Å². The van der Waals surface area contributed by atoms with Crippen LogP contribution in [0.3, 0.4) is 0 Å². The van der Waals surface area contributed by atoms with E-state index in [0.29, 0.717) is 23.4 Å². The number of hydrogen-bond acceptors (Lipinski definition) is 3. The van der Waals surface area contributed by atoms with E-state index < -0.39 is 0 Å². The van der Waals surface area contributed by atoms with Crippen molar-refractivity contribution in [1.29, 1.82) is 0 Å². The van der Waals surface area contributed by atoms with Crippen LogP contribution in [-0.4, -0.2) is 41.9 Å². The first-order valence-corrected chi connectivity index (χ1v) is 10.6. The van der Waals surface area contributed by atoms with Gasteiger partial charge in [0.05, 0.1) is 0 Å². The molecule has 3 aliphatic heterocycles. The van der Waals surface area contributed by atoms with E-state index in [-0.39, 0.29) is 11.8 Å². The Morgan fingerprint density at radius 2 is 2.04 bits per heavy atom. The highest BCUT2D eigenvalue weighted by Crippen LogP contribution is 2.51. The summed E-state index contributed by atoms with van der Waals surface area (Å²) >= 11 is 0. The molecule has 1 aliphatic carbocycles. The number of nitrogens with one attached hydrogen (secondary N) is 2. The topological polar surface area (TPSA) is 61.4 Å². The van der Waals surface area contributed by atoms with Gasteiger partial charge < -0.3 is 15.5 Å². The van der Waals surface area contributed by atoms with Crippen molar-refractivity contribution in [3.05, 3.63) is 29.3 Å². The molecule has 27 heavy (non-hydrogen) atoms. The summed E-state index contributed by atoms with van der Waals surface area (Å²) in [6, 6.07) is 5.86. The Hall–Kier alpha value is -1.88. The maximum atomic E-state index is 13.2. The largest absolute Gasteiger partial charge is 0.338 e. The Balaban J connectivity index is 1.34. The first-order valence-electron chi connectivity index (χ1n) is 10.6. The van der Waals surface area contributed by atoms with Crippen LogP contribution < -0.4 is 10.6 Å². The van der Waals surface area contributed by atoms with Crippen molar-refractivity contribution in [2.75, 3.05) is 25.0 Å². The molecule has 1 aromatic carbocycles. The number of carbonyl (C=O) groups is 2. The number of likely N-dealkylation sites (tertiary alicyclic amines) is 1. The van der Waals surface area contributed by atoms with Crippen molar-refractivity contribution in [3.8, 4) is 0 Å². The van der Waals surface area contributed by atoms with E-state index in [9.17, 15) is 9.59 Å². The van der Waals surface area contributed by atoms with Crippen LogP contribution in [0.25, 0.3) is 0 Å². The Morgan fingerprint density at radius 1 is 1.11 bits per heavy atom. The molecule has 4 aliphatic rings. The van der Waals surface area contributed by atoms with Gasteiger partial charge in [-0.2, -0.15) is 0 Å². The molecule has 0 radical (unpaired) electrons. The van der Waals surface area contributed by atoms with E-state index in [1.54, 1.807) is 0 Å². The van der Waals surface area contributed by atoms with Crippen molar-refractivity contribution in [1.82, 2.24) is 10.2 Å². The van der Waals surface area contributed by atoms with Crippen LogP contribution in [0.15, 0.2) is 18.2 Å². The lowest BCUT2D eigenvalue weighted by Crippen LogP contribution is -2.61. The summed E-state index contributed by atoms with van der Waals surface area (Å²) in [6.07, 6.45) is 8.57. The lowest BCUT2D eigenvalue weighted by molar-refractivity contribution is -0.116. The monoisotopic (exact) mass is 367 g/mol. The first kappa shape index (κ1) is 17.2. The second kappa shape index (κ2) is 6.62. The fourth-order valence-corrected chi connectivity index (χ4v) is 5.92. The lowest BCUT2D eigenvalue weighted by Gasteiger charge is -2.53. The van der Waals surface area contributed by atoms with Gasteiger partial charge >= 0.3 is 0 Å². The Kier molecular flexibility index (Phi) is 4.23. The molecule has 5 rings (SSSR count). The standard InChI is InChI=1S/C22H29N3O2/c26-20-5-1-3-15-6-7-16(13-19(15)24-20)21(27)25-12-2-4-18(14-25)22-10-8-17(22)9-11-23-22/h6-7,13,17-18,23H,1-5,8-12,14H2,(H,24,26). The minimum atomic E-state index is 0.0545. The second-order valence-electron chi connectivity index (χ2n) is 8.86. The van der Waals surface area contributed by atoms with Crippen LogP contribution in [0, 0.1) is 11.8 Å². The number of amides is 2. The van der Waals surface area contributed by atoms with Crippen LogP contribution >= 0.6 is 0 Å². The number of hydrogen-bond donors (Lipinski definition) is 2. The minimum Gasteiger partial charge on any atom is -0.338 e. The van der Waals surface area contributed by atoms with Gasteiger partial charge in [0.2, 0.25) is 5.91 Å². The highest BCUT2D eigenvalue weighted by Gasteiger charge is 2.54. The number of rotatable bonds is 2. The van der Waals surface area contributed by atoms with Crippen molar-refractivity contribution in [3.63, 3.8) is 0 Å². The number of carbonyl (C=O) groups excluding carboxylic acids is 2. The SMILES string of the molecule is O=C1CCCc2ccc(C(=O)N3CCCC(C45CCC4CCN5)C3)cc2N1. The molecule has 3 atom stereocenters. The molecule has 1 saturated carbocycles. The molecule has 5 heteroatoms. The number of anilines is 1. The molecule has 2 N–H and O–H groups in total. The van der Waals surface area contributed by atoms with E-state index in [2.05, 4.69) is 15.5 Å². The number of aryl methyl sites for hydroxylation is 1. The average molecular weight is 367 g/mol. The van der Waals surface area contributed by atoms with Gasteiger partial charge in [0.1, 0.15) is 0 Å².